The van der Waals surface area contributed by atoms with E-state index in [0.29, 0.717) is 17.9 Å². The number of para-hydroxylation sites is 2. The van der Waals surface area contributed by atoms with Gasteiger partial charge in [0.25, 0.3) is 5.91 Å². The highest BCUT2D eigenvalue weighted by Gasteiger charge is 2.20. The van der Waals surface area contributed by atoms with Crippen LogP contribution < -0.4 is 10.1 Å². The van der Waals surface area contributed by atoms with E-state index in [9.17, 15) is 4.79 Å². The van der Waals surface area contributed by atoms with Gasteiger partial charge in [0.15, 0.2) is 0 Å². The van der Waals surface area contributed by atoms with Crippen molar-refractivity contribution in [1.82, 2.24) is 0 Å². The Hall–Kier alpha value is -2.29. The number of hydrogen-bond donors (Lipinski definition) is 1. The average molecular weight is 297 g/mol. The van der Waals surface area contributed by atoms with Crippen molar-refractivity contribution in [2.45, 2.75) is 33.1 Å². The molecule has 0 atom stereocenters. The number of rotatable bonds is 4. The van der Waals surface area contributed by atoms with Gasteiger partial charge in [-0.1, -0.05) is 51.1 Å². The monoisotopic (exact) mass is 297 g/mol. The molecule has 0 radical (unpaired) electrons. The van der Waals surface area contributed by atoms with Crippen LogP contribution in [0.25, 0.3) is 0 Å². The highest BCUT2D eigenvalue weighted by atomic mass is 16.5. The number of carbonyl (C=O) groups is 1. The summed E-state index contributed by atoms with van der Waals surface area (Å²) < 4.78 is 5.53. The molecule has 1 amide bonds. The molecule has 22 heavy (non-hydrogen) atoms. The Morgan fingerprint density at radius 3 is 2.36 bits per heavy atom. The molecule has 0 saturated carbocycles. The first kappa shape index (κ1) is 16.1. The third kappa shape index (κ3) is 3.67. The van der Waals surface area contributed by atoms with Crippen molar-refractivity contribution >= 4 is 11.6 Å². The molecule has 0 heterocycles. The van der Waals surface area contributed by atoms with Crippen LogP contribution >= 0.6 is 0 Å². The molecule has 0 aliphatic rings. The molecule has 0 unspecified atom stereocenters. The summed E-state index contributed by atoms with van der Waals surface area (Å²) >= 11 is 0. The van der Waals surface area contributed by atoms with Gasteiger partial charge in [0.1, 0.15) is 5.75 Å². The van der Waals surface area contributed by atoms with E-state index < -0.39 is 0 Å². The van der Waals surface area contributed by atoms with E-state index in [1.807, 2.05) is 49.4 Å². The van der Waals surface area contributed by atoms with Crippen molar-refractivity contribution in [2.24, 2.45) is 0 Å². The Kier molecular flexibility index (Phi) is 4.86. The van der Waals surface area contributed by atoms with Gasteiger partial charge < -0.3 is 10.1 Å². The van der Waals surface area contributed by atoms with Crippen LogP contribution in [0.1, 0.15) is 43.6 Å². The van der Waals surface area contributed by atoms with E-state index in [4.69, 9.17) is 4.74 Å². The van der Waals surface area contributed by atoms with Crippen molar-refractivity contribution in [3.8, 4) is 5.75 Å². The highest BCUT2D eigenvalue weighted by Crippen LogP contribution is 2.30. The molecule has 2 aromatic carbocycles. The van der Waals surface area contributed by atoms with Gasteiger partial charge in [-0.05, 0) is 36.1 Å². The van der Waals surface area contributed by atoms with Gasteiger partial charge in [-0.15, -0.1) is 0 Å². The number of nitrogens with one attached hydrogen (secondary N) is 1. The van der Waals surface area contributed by atoms with E-state index in [0.717, 1.165) is 11.3 Å². The van der Waals surface area contributed by atoms with Gasteiger partial charge in [-0.2, -0.15) is 0 Å². The minimum Gasteiger partial charge on any atom is -0.493 e. The zero-order valence-electron chi connectivity index (χ0n) is 13.6. The fraction of sp³-hybridized carbons (Fsp3) is 0.316. The number of carbonyl (C=O) groups excluding carboxylic acids is 1. The van der Waals surface area contributed by atoms with E-state index in [-0.39, 0.29) is 11.3 Å². The molecule has 0 spiro atoms. The van der Waals surface area contributed by atoms with Crippen LogP contribution in [-0.4, -0.2) is 12.5 Å². The molecule has 3 nitrogen and oxygen atoms in total. The predicted molar refractivity (Wildman–Crippen MR) is 90.7 cm³/mol. The summed E-state index contributed by atoms with van der Waals surface area (Å²) in [6.45, 7) is 8.83. The van der Waals surface area contributed by atoms with Gasteiger partial charge in [0, 0.05) is 5.69 Å². The van der Waals surface area contributed by atoms with Crippen molar-refractivity contribution in [3.05, 3.63) is 59.7 Å². The first-order valence-electron chi connectivity index (χ1n) is 7.56. The SMILES string of the molecule is CCOc1ccccc1C(=O)Nc1ccccc1C(C)(C)C. The first-order chi connectivity index (χ1) is 10.4. The minimum atomic E-state index is -0.152. The maximum atomic E-state index is 12.6. The van der Waals surface area contributed by atoms with Gasteiger partial charge in [0.05, 0.1) is 12.2 Å². The van der Waals surface area contributed by atoms with Crippen LogP contribution in [-0.2, 0) is 5.41 Å². The Bertz CT molecular complexity index is 656. The Balaban J connectivity index is 2.31. The van der Waals surface area contributed by atoms with Crippen LogP contribution in [0.15, 0.2) is 48.5 Å². The molecule has 0 aliphatic carbocycles. The van der Waals surface area contributed by atoms with Crippen molar-refractivity contribution < 1.29 is 9.53 Å². The predicted octanol–water partition coefficient (Wildman–Crippen LogP) is 4.64. The molecule has 2 aromatic rings. The summed E-state index contributed by atoms with van der Waals surface area (Å²) in [5, 5.41) is 3.01. The summed E-state index contributed by atoms with van der Waals surface area (Å²) in [6, 6.07) is 15.2. The second-order valence-corrected chi connectivity index (χ2v) is 6.18. The molecule has 0 saturated heterocycles. The molecule has 0 fully saturated rings. The van der Waals surface area contributed by atoms with Crippen molar-refractivity contribution in [2.75, 3.05) is 11.9 Å². The van der Waals surface area contributed by atoms with Crippen LogP contribution in [0.5, 0.6) is 5.75 Å². The van der Waals surface area contributed by atoms with Crippen LogP contribution in [0.4, 0.5) is 5.69 Å². The molecule has 0 aromatic heterocycles. The summed E-state index contributed by atoms with van der Waals surface area (Å²) in [5.74, 6) is 0.455. The zero-order chi connectivity index (χ0) is 16.2. The van der Waals surface area contributed by atoms with Crippen LogP contribution in [0, 0.1) is 0 Å². The number of ether oxygens (including phenoxy) is 1. The standard InChI is InChI=1S/C19H23NO2/c1-5-22-17-13-9-6-10-14(17)18(21)20-16-12-8-7-11-15(16)19(2,3)4/h6-13H,5H2,1-4H3,(H,20,21). The summed E-state index contributed by atoms with van der Waals surface area (Å²) in [4.78, 5) is 12.6. The fourth-order valence-electron chi connectivity index (χ4n) is 2.37. The molecule has 116 valence electrons. The normalized spacial score (nSPS) is 11.1. The van der Waals surface area contributed by atoms with Crippen LogP contribution in [0.3, 0.4) is 0 Å². The molecular weight excluding hydrogens is 274 g/mol. The van der Waals surface area contributed by atoms with E-state index in [2.05, 4.69) is 26.1 Å². The lowest BCUT2D eigenvalue weighted by Crippen LogP contribution is -2.19. The third-order valence-electron chi connectivity index (χ3n) is 3.41. The smallest absolute Gasteiger partial charge is 0.259 e. The average Bonchev–Trinajstić information content (AvgIpc) is 2.47. The lowest BCUT2D eigenvalue weighted by Gasteiger charge is -2.23. The van der Waals surface area contributed by atoms with Gasteiger partial charge in [-0.3, -0.25) is 4.79 Å². The summed E-state index contributed by atoms with van der Waals surface area (Å²) in [6.07, 6.45) is 0. The summed E-state index contributed by atoms with van der Waals surface area (Å²) in [7, 11) is 0. The van der Waals surface area contributed by atoms with E-state index in [1.54, 1.807) is 6.07 Å². The Morgan fingerprint density at radius 2 is 1.68 bits per heavy atom. The molecule has 0 aliphatic heterocycles. The largest absolute Gasteiger partial charge is 0.493 e. The van der Waals surface area contributed by atoms with Crippen molar-refractivity contribution in [1.29, 1.82) is 0 Å². The Morgan fingerprint density at radius 1 is 1.05 bits per heavy atom. The van der Waals surface area contributed by atoms with Crippen LogP contribution in [0.2, 0.25) is 0 Å². The summed E-state index contributed by atoms with van der Waals surface area (Å²) in [5.41, 5.74) is 2.46. The lowest BCUT2D eigenvalue weighted by atomic mass is 9.86. The van der Waals surface area contributed by atoms with E-state index >= 15 is 0 Å². The highest BCUT2D eigenvalue weighted by molar-refractivity contribution is 6.06. The number of benzene rings is 2. The second kappa shape index (κ2) is 6.65. The minimum absolute atomic E-state index is 0.0384. The van der Waals surface area contributed by atoms with Gasteiger partial charge in [0.2, 0.25) is 0 Å². The lowest BCUT2D eigenvalue weighted by molar-refractivity contribution is 0.102. The van der Waals surface area contributed by atoms with Gasteiger partial charge >= 0.3 is 0 Å². The van der Waals surface area contributed by atoms with E-state index in [1.165, 1.54) is 0 Å². The fourth-order valence-corrected chi connectivity index (χ4v) is 2.37. The number of amides is 1. The Labute approximate surface area is 132 Å². The first-order valence-corrected chi connectivity index (χ1v) is 7.56. The maximum Gasteiger partial charge on any atom is 0.259 e. The zero-order valence-corrected chi connectivity index (χ0v) is 13.6. The molecule has 1 N–H and O–H groups in total. The molecule has 2 rings (SSSR count). The number of hydrogen-bond acceptors (Lipinski definition) is 2. The molecular formula is C19H23NO2. The number of anilines is 1. The maximum absolute atomic E-state index is 12.6. The topological polar surface area (TPSA) is 38.3 Å². The van der Waals surface area contributed by atoms with Crippen molar-refractivity contribution in [3.63, 3.8) is 0 Å². The van der Waals surface area contributed by atoms with Gasteiger partial charge in [-0.25, -0.2) is 0 Å². The third-order valence-corrected chi connectivity index (χ3v) is 3.41. The molecule has 3 heteroatoms. The quantitative estimate of drug-likeness (QED) is 0.893. The molecule has 0 bridgehead atoms. The second-order valence-electron chi connectivity index (χ2n) is 6.18.